The molecule has 0 atom stereocenters. The summed E-state index contributed by atoms with van der Waals surface area (Å²) in [5.74, 6) is 0. The number of amides is 1. The maximum atomic E-state index is 10.7. The van der Waals surface area contributed by atoms with Gasteiger partial charge in [0.2, 0.25) is 0 Å². The molecular formula is C7H14B3F12KNO2-3. The van der Waals surface area contributed by atoms with Crippen molar-refractivity contribution in [3.05, 3.63) is 6.92 Å². The molecule has 0 spiro atoms. The fourth-order valence-corrected chi connectivity index (χ4v) is 0.416. The predicted octanol–water partition coefficient (Wildman–Crippen LogP) is 2.25. The van der Waals surface area contributed by atoms with Crippen LogP contribution in [-0.4, -0.2) is 40.0 Å². The number of halogens is 12. The Labute approximate surface area is 184 Å². The third-order valence-electron chi connectivity index (χ3n) is 0.668. The molecule has 26 heavy (non-hydrogen) atoms. The van der Waals surface area contributed by atoms with Gasteiger partial charge in [-0.25, -0.2) is 4.79 Å². The summed E-state index contributed by atoms with van der Waals surface area (Å²) in [7, 11) is -18.0. The molecule has 0 aliphatic rings. The Hall–Kier alpha value is 0.261. The molecule has 1 N–H and O–H groups in total. The van der Waals surface area contributed by atoms with E-state index in [9.17, 15) is 56.6 Å². The van der Waals surface area contributed by atoms with Crippen molar-refractivity contribution < 1.29 is 113 Å². The number of rotatable bonds is 1. The van der Waals surface area contributed by atoms with Crippen LogP contribution in [0.1, 0.15) is 20.8 Å². The third-order valence-corrected chi connectivity index (χ3v) is 0.668. The first-order valence-corrected chi connectivity index (χ1v) is 5.83. The average molecular weight is 444 g/mol. The van der Waals surface area contributed by atoms with Crippen LogP contribution < -0.4 is 56.7 Å². The summed E-state index contributed by atoms with van der Waals surface area (Å²) in [5.41, 5.74) is -0.417. The first-order chi connectivity index (χ1) is 10.5. The first-order valence-electron chi connectivity index (χ1n) is 5.83. The zero-order valence-electron chi connectivity index (χ0n) is 14.0. The topological polar surface area (TPSA) is 38.3 Å². The predicted molar refractivity (Wildman–Crippen MR) is 70.2 cm³/mol. The first kappa shape index (κ1) is 37.1. The standard InChI is InChI=1S/C7H14NO2.3BF4.K/c1-5-8-6(9)10-7(2,3)4;3*2-1(3,4)5;/h1,5H2,2-4H3,(H,8,9);;;;/q4*-1;+1. The van der Waals surface area contributed by atoms with Gasteiger partial charge in [0.15, 0.2) is 0 Å². The summed E-state index contributed by atoms with van der Waals surface area (Å²) in [4.78, 5) is 10.7. The van der Waals surface area contributed by atoms with E-state index in [2.05, 4.69) is 12.2 Å². The van der Waals surface area contributed by atoms with Gasteiger partial charge in [-0.05, 0) is 20.8 Å². The van der Waals surface area contributed by atoms with E-state index in [0.29, 0.717) is 6.54 Å². The summed E-state index contributed by atoms with van der Waals surface area (Å²) in [6.45, 7) is 9.25. The SMILES string of the molecule is F[B-](F)(F)F.F[B-](F)(F)F.F[B-](F)(F)F.[CH2-]CNC(=O)OC(C)(C)C.[K+]. The number of hydrogen-bond acceptors (Lipinski definition) is 2. The monoisotopic (exact) mass is 444 g/mol. The molecule has 0 aliphatic carbocycles. The minimum absolute atomic E-state index is 0. The molecule has 0 heterocycles. The van der Waals surface area contributed by atoms with Crippen molar-refractivity contribution in [2.75, 3.05) is 6.54 Å². The van der Waals surface area contributed by atoms with E-state index in [4.69, 9.17) is 4.74 Å². The Bertz CT molecular complexity index is 297. The van der Waals surface area contributed by atoms with Gasteiger partial charge in [0.1, 0.15) is 5.60 Å². The van der Waals surface area contributed by atoms with E-state index in [1.807, 2.05) is 20.8 Å². The number of carbonyl (C=O) groups is 1. The molecule has 0 saturated carbocycles. The molecule has 0 aliphatic heterocycles. The number of alkyl carbamates (subject to hydrolysis) is 1. The maximum absolute atomic E-state index is 10.7. The van der Waals surface area contributed by atoms with Crippen LogP contribution in [-0.2, 0) is 4.74 Å². The van der Waals surface area contributed by atoms with E-state index >= 15 is 0 Å². The Balaban J connectivity index is -0.0000000794. The molecule has 0 radical (unpaired) electrons. The molecule has 3 nitrogen and oxygen atoms in total. The quantitative estimate of drug-likeness (QED) is 0.384. The van der Waals surface area contributed by atoms with Gasteiger partial charge in [0, 0.05) is 0 Å². The Morgan fingerprint density at radius 3 is 1.12 bits per heavy atom. The van der Waals surface area contributed by atoms with Gasteiger partial charge in [-0.1, -0.05) is 0 Å². The molecule has 0 aromatic rings. The molecule has 156 valence electrons. The van der Waals surface area contributed by atoms with E-state index in [0.717, 1.165) is 0 Å². The molecule has 0 aromatic heterocycles. The molecule has 1 amide bonds. The Kier molecular flexibility index (Phi) is 23.2. The molecule has 0 unspecified atom stereocenters. The van der Waals surface area contributed by atoms with Crippen LogP contribution in [0.2, 0.25) is 0 Å². The Morgan fingerprint density at radius 2 is 1.00 bits per heavy atom. The van der Waals surface area contributed by atoms with Crippen LogP contribution in [0.3, 0.4) is 0 Å². The van der Waals surface area contributed by atoms with E-state index < -0.39 is 33.5 Å². The fourth-order valence-electron chi connectivity index (χ4n) is 0.416. The normalized spacial score (nSPS) is 11.1. The van der Waals surface area contributed by atoms with Crippen molar-refractivity contribution in [2.24, 2.45) is 0 Å². The van der Waals surface area contributed by atoms with Gasteiger partial charge in [0.05, 0.1) is 0 Å². The minimum Gasteiger partial charge on any atom is -0.444 e. The van der Waals surface area contributed by atoms with Crippen molar-refractivity contribution in [3.8, 4) is 0 Å². The molecular weight excluding hydrogens is 430 g/mol. The third kappa shape index (κ3) is 192. The maximum Gasteiger partial charge on any atom is 1.00 e. The van der Waals surface area contributed by atoms with Crippen LogP contribution >= 0.6 is 0 Å². The van der Waals surface area contributed by atoms with Crippen molar-refractivity contribution >= 4 is 27.9 Å². The second kappa shape index (κ2) is 16.2. The van der Waals surface area contributed by atoms with Crippen molar-refractivity contribution in [1.82, 2.24) is 5.32 Å². The van der Waals surface area contributed by atoms with Gasteiger partial charge in [0.25, 0.3) is 0 Å². The second-order valence-corrected chi connectivity index (χ2v) is 4.41. The van der Waals surface area contributed by atoms with Crippen LogP contribution in [0.15, 0.2) is 0 Å². The van der Waals surface area contributed by atoms with E-state index in [-0.39, 0.29) is 51.4 Å². The van der Waals surface area contributed by atoms with Crippen LogP contribution in [0.25, 0.3) is 0 Å². The summed E-state index contributed by atoms with van der Waals surface area (Å²) < 4.78 is 122. The van der Waals surface area contributed by atoms with Gasteiger partial charge in [-0.15, -0.1) is 6.54 Å². The Morgan fingerprint density at radius 1 is 0.808 bits per heavy atom. The van der Waals surface area contributed by atoms with Crippen LogP contribution in [0, 0.1) is 6.92 Å². The minimum atomic E-state index is -6.00. The molecule has 0 aromatic carbocycles. The number of ether oxygens (including phenoxy) is 1. The van der Waals surface area contributed by atoms with Crippen LogP contribution in [0.4, 0.5) is 56.6 Å². The second-order valence-electron chi connectivity index (χ2n) is 4.41. The van der Waals surface area contributed by atoms with Gasteiger partial charge in [-0.2, -0.15) is 0 Å². The largest absolute Gasteiger partial charge is 1.00 e. The molecule has 19 heteroatoms. The summed E-state index contributed by atoms with van der Waals surface area (Å²) >= 11 is 0. The smallest absolute Gasteiger partial charge is 0.444 e. The molecule has 0 rings (SSSR count). The number of nitrogens with one attached hydrogen (secondary N) is 1. The molecule has 0 saturated heterocycles. The number of hydrogen-bond donors (Lipinski definition) is 1. The van der Waals surface area contributed by atoms with E-state index in [1.165, 1.54) is 0 Å². The van der Waals surface area contributed by atoms with Gasteiger partial charge in [-0.3, -0.25) is 0 Å². The summed E-state index contributed by atoms with van der Waals surface area (Å²) in [6.07, 6.45) is -0.414. The molecule has 0 bridgehead atoms. The van der Waals surface area contributed by atoms with Crippen molar-refractivity contribution in [2.45, 2.75) is 26.4 Å². The summed E-state index contributed by atoms with van der Waals surface area (Å²) in [5, 5.41) is 2.43. The zero-order chi connectivity index (χ0) is 21.7. The van der Waals surface area contributed by atoms with Crippen LogP contribution in [0.5, 0.6) is 0 Å². The fraction of sp³-hybridized carbons (Fsp3) is 0.714. The molecule has 0 fully saturated rings. The van der Waals surface area contributed by atoms with E-state index in [1.54, 1.807) is 0 Å². The van der Waals surface area contributed by atoms with Crippen molar-refractivity contribution in [1.29, 1.82) is 0 Å². The van der Waals surface area contributed by atoms with Gasteiger partial charge < -0.3 is 68.8 Å². The summed E-state index contributed by atoms with van der Waals surface area (Å²) in [6, 6.07) is 0. The zero-order valence-corrected chi connectivity index (χ0v) is 17.1. The average Bonchev–Trinajstić information content (AvgIpc) is 2.04. The number of carbonyl (C=O) groups excluding carboxylic acids is 1. The van der Waals surface area contributed by atoms with Gasteiger partial charge >= 0.3 is 79.2 Å². The van der Waals surface area contributed by atoms with Crippen molar-refractivity contribution in [3.63, 3.8) is 0 Å².